The molecule has 0 aliphatic carbocycles. The predicted molar refractivity (Wildman–Crippen MR) is 118 cm³/mol. The van der Waals surface area contributed by atoms with E-state index < -0.39 is 11.8 Å². The zero-order valence-corrected chi connectivity index (χ0v) is 17.2. The van der Waals surface area contributed by atoms with Crippen molar-refractivity contribution in [2.75, 3.05) is 5.32 Å². The van der Waals surface area contributed by atoms with E-state index in [1.807, 2.05) is 63.2 Å². The number of anilines is 1. The minimum Gasteiger partial charge on any atom is -0.457 e. The number of ether oxygens (including phenoxy) is 1. The number of nitrogens with one attached hydrogen (secondary N) is 2. The van der Waals surface area contributed by atoms with Crippen molar-refractivity contribution in [1.82, 2.24) is 5.32 Å². The van der Waals surface area contributed by atoms with E-state index in [0.717, 1.165) is 16.9 Å². The topological polar surface area (TPSA) is 93.5 Å². The SMILES string of the molecule is Cc1cc(NC(=O)/C(C(N)=O)=C2\C=CC=CN2)c(C(C)C)cc1Oc1ccccc1. The molecule has 0 radical (unpaired) electrons. The molecular weight excluding hydrogens is 378 g/mol. The van der Waals surface area contributed by atoms with Crippen LogP contribution in [0.1, 0.15) is 30.9 Å². The van der Waals surface area contributed by atoms with Crippen LogP contribution in [0.25, 0.3) is 0 Å². The number of amides is 2. The van der Waals surface area contributed by atoms with Gasteiger partial charge >= 0.3 is 0 Å². The number of carbonyl (C=O) groups is 2. The second-order valence-corrected chi connectivity index (χ2v) is 7.24. The fourth-order valence-electron chi connectivity index (χ4n) is 3.12. The summed E-state index contributed by atoms with van der Waals surface area (Å²) in [5, 5.41) is 5.73. The van der Waals surface area contributed by atoms with E-state index in [2.05, 4.69) is 10.6 Å². The summed E-state index contributed by atoms with van der Waals surface area (Å²) in [6, 6.07) is 13.3. The van der Waals surface area contributed by atoms with E-state index in [0.29, 0.717) is 17.1 Å². The molecule has 0 aromatic heterocycles. The molecule has 0 unspecified atom stereocenters. The van der Waals surface area contributed by atoms with Crippen LogP contribution in [0.4, 0.5) is 5.69 Å². The molecule has 0 bridgehead atoms. The highest BCUT2D eigenvalue weighted by atomic mass is 16.5. The lowest BCUT2D eigenvalue weighted by Gasteiger charge is -2.19. The first-order chi connectivity index (χ1) is 14.4. The van der Waals surface area contributed by atoms with E-state index in [-0.39, 0.29) is 11.5 Å². The van der Waals surface area contributed by atoms with Crippen LogP contribution in [-0.4, -0.2) is 11.8 Å². The molecule has 3 rings (SSSR count). The third kappa shape index (κ3) is 4.78. The Balaban J connectivity index is 1.94. The molecule has 2 amide bonds. The van der Waals surface area contributed by atoms with Crippen LogP contribution >= 0.6 is 0 Å². The molecule has 0 atom stereocenters. The number of aryl methyl sites for hydroxylation is 1. The van der Waals surface area contributed by atoms with Crippen molar-refractivity contribution in [2.24, 2.45) is 5.73 Å². The molecule has 1 aliphatic heterocycles. The van der Waals surface area contributed by atoms with Crippen LogP contribution in [0.15, 0.2) is 78.2 Å². The molecule has 6 heteroatoms. The zero-order valence-electron chi connectivity index (χ0n) is 17.2. The first kappa shape index (κ1) is 20.9. The molecule has 0 spiro atoms. The molecule has 1 heterocycles. The number of para-hydroxylation sites is 1. The zero-order chi connectivity index (χ0) is 21.7. The standard InChI is InChI=1S/C24H25N3O3/c1-15(2)18-14-21(30-17-9-5-4-6-10-17)16(3)13-20(18)27-24(29)22(23(25)28)19-11-7-8-12-26-19/h4-15,26H,1-3H3,(H2,25,28)(H,27,29)/b22-19+. The summed E-state index contributed by atoms with van der Waals surface area (Å²) in [7, 11) is 0. The van der Waals surface area contributed by atoms with Gasteiger partial charge in [-0.3, -0.25) is 9.59 Å². The Bertz CT molecular complexity index is 1050. The van der Waals surface area contributed by atoms with Gasteiger partial charge in [-0.05, 0) is 60.4 Å². The number of allylic oxidation sites excluding steroid dienone is 3. The average Bonchev–Trinajstić information content (AvgIpc) is 2.71. The number of nitrogens with two attached hydrogens (primary N) is 1. The molecule has 4 N–H and O–H groups in total. The Morgan fingerprint density at radius 2 is 1.83 bits per heavy atom. The highest BCUT2D eigenvalue weighted by Gasteiger charge is 2.22. The van der Waals surface area contributed by atoms with Gasteiger partial charge in [-0.1, -0.05) is 38.1 Å². The fraction of sp³-hybridized carbons (Fsp3) is 0.167. The number of hydrogen-bond acceptors (Lipinski definition) is 4. The number of hydrogen-bond donors (Lipinski definition) is 3. The maximum absolute atomic E-state index is 12.9. The Labute approximate surface area is 176 Å². The highest BCUT2D eigenvalue weighted by Crippen LogP contribution is 2.34. The second kappa shape index (κ2) is 9.13. The van der Waals surface area contributed by atoms with Crippen LogP contribution < -0.4 is 21.1 Å². The quantitative estimate of drug-likeness (QED) is 0.382. The minimum atomic E-state index is -0.804. The number of benzene rings is 2. The third-order valence-corrected chi connectivity index (χ3v) is 4.64. The van der Waals surface area contributed by atoms with Crippen LogP contribution in [0.3, 0.4) is 0 Å². The van der Waals surface area contributed by atoms with Gasteiger partial charge in [-0.25, -0.2) is 0 Å². The minimum absolute atomic E-state index is 0.110. The van der Waals surface area contributed by atoms with Gasteiger partial charge < -0.3 is 21.1 Å². The first-order valence-electron chi connectivity index (χ1n) is 9.69. The summed E-state index contributed by atoms with van der Waals surface area (Å²) < 4.78 is 6.02. The normalized spacial score (nSPS) is 14.3. The van der Waals surface area contributed by atoms with E-state index in [4.69, 9.17) is 10.5 Å². The van der Waals surface area contributed by atoms with Crippen LogP contribution in [0.5, 0.6) is 11.5 Å². The van der Waals surface area contributed by atoms with E-state index in [1.54, 1.807) is 24.4 Å². The van der Waals surface area contributed by atoms with Gasteiger partial charge in [-0.2, -0.15) is 0 Å². The average molecular weight is 403 g/mol. The Kier molecular flexibility index (Phi) is 6.37. The van der Waals surface area contributed by atoms with Crippen molar-refractivity contribution >= 4 is 17.5 Å². The van der Waals surface area contributed by atoms with Gasteiger partial charge in [0.1, 0.15) is 17.1 Å². The van der Waals surface area contributed by atoms with Crippen molar-refractivity contribution in [3.05, 3.63) is 89.3 Å². The number of carbonyl (C=O) groups excluding carboxylic acids is 2. The van der Waals surface area contributed by atoms with Gasteiger partial charge in [0.2, 0.25) is 0 Å². The van der Waals surface area contributed by atoms with Crippen LogP contribution in [0.2, 0.25) is 0 Å². The Hall–Kier alpha value is -3.80. The Morgan fingerprint density at radius 1 is 1.10 bits per heavy atom. The highest BCUT2D eigenvalue weighted by molar-refractivity contribution is 6.23. The van der Waals surface area contributed by atoms with Gasteiger partial charge in [0.25, 0.3) is 11.8 Å². The van der Waals surface area contributed by atoms with Crippen LogP contribution in [-0.2, 0) is 9.59 Å². The maximum Gasteiger partial charge on any atom is 0.263 e. The molecule has 6 nitrogen and oxygen atoms in total. The lowest BCUT2D eigenvalue weighted by molar-refractivity contribution is -0.119. The molecular formula is C24H25N3O3. The Morgan fingerprint density at radius 3 is 2.43 bits per heavy atom. The fourth-order valence-corrected chi connectivity index (χ4v) is 3.12. The van der Waals surface area contributed by atoms with Crippen molar-refractivity contribution in [3.8, 4) is 11.5 Å². The van der Waals surface area contributed by atoms with E-state index >= 15 is 0 Å². The van der Waals surface area contributed by atoms with Gasteiger partial charge in [-0.15, -0.1) is 0 Å². The predicted octanol–water partition coefficient (Wildman–Crippen LogP) is 4.26. The molecule has 0 fully saturated rings. The summed E-state index contributed by atoms with van der Waals surface area (Å²) in [5.41, 5.74) is 8.06. The molecule has 0 saturated heterocycles. The largest absolute Gasteiger partial charge is 0.457 e. The summed E-state index contributed by atoms with van der Waals surface area (Å²) in [4.78, 5) is 24.9. The molecule has 30 heavy (non-hydrogen) atoms. The second-order valence-electron chi connectivity index (χ2n) is 7.24. The number of rotatable bonds is 6. The summed E-state index contributed by atoms with van der Waals surface area (Å²) in [6.45, 7) is 5.95. The summed E-state index contributed by atoms with van der Waals surface area (Å²) in [6.07, 6.45) is 6.74. The summed E-state index contributed by atoms with van der Waals surface area (Å²) in [5.74, 6) is 0.179. The lowest BCUT2D eigenvalue weighted by Crippen LogP contribution is -2.30. The van der Waals surface area contributed by atoms with E-state index in [1.165, 1.54) is 0 Å². The molecule has 2 aromatic carbocycles. The smallest absolute Gasteiger partial charge is 0.263 e. The number of primary amides is 1. The third-order valence-electron chi connectivity index (χ3n) is 4.64. The van der Waals surface area contributed by atoms with Crippen molar-refractivity contribution in [1.29, 1.82) is 0 Å². The monoisotopic (exact) mass is 403 g/mol. The van der Waals surface area contributed by atoms with Gasteiger partial charge in [0.05, 0.1) is 5.70 Å². The van der Waals surface area contributed by atoms with Crippen molar-refractivity contribution in [2.45, 2.75) is 26.7 Å². The van der Waals surface area contributed by atoms with Crippen molar-refractivity contribution < 1.29 is 14.3 Å². The van der Waals surface area contributed by atoms with Gasteiger partial charge in [0.15, 0.2) is 0 Å². The number of dihydropyridines is 1. The molecule has 2 aromatic rings. The maximum atomic E-state index is 12.9. The first-order valence-corrected chi connectivity index (χ1v) is 9.69. The molecule has 0 saturated carbocycles. The van der Waals surface area contributed by atoms with Crippen molar-refractivity contribution in [3.63, 3.8) is 0 Å². The van der Waals surface area contributed by atoms with Gasteiger partial charge in [0, 0.05) is 11.9 Å². The van der Waals surface area contributed by atoms with E-state index in [9.17, 15) is 9.59 Å². The summed E-state index contributed by atoms with van der Waals surface area (Å²) >= 11 is 0. The molecule has 154 valence electrons. The lowest BCUT2D eigenvalue weighted by atomic mass is 9.98. The molecule has 1 aliphatic rings. The van der Waals surface area contributed by atoms with Crippen LogP contribution in [0, 0.1) is 6.92 Å².